The van der Waals surface area contributed by atoms with Gasteiger partial charge in [0.1, 0.15) is 28.8 Å². The lowest BCUT2D eigenvalue weighted by molar-refractivity contribution is 0.0912. The van der Waals surface area contributed by atoms with E-state index in [2.05, 4.69) is 10.6 Å². The molecule has 12 heteroatoms. The van der Waals surface area contributed by atoms with Crippen molar-refractivity contribution in [3.8, 4) is 17.2 Å². The minimum absolute atomic E-state index is 0.0313. The van der Waals surface area contributed by atoms with Crippen LogP contribution in [-0.2, 0) is 16.4 Å². The number of rotatable bonds is 9. The molecule has 2 aromatic carbocycles. The van der Waals surface area contributed by atoms with Gasteiger partial charge < -0.3 is 24.8 Å². The molecule has 10 nitrogen and oxygen atoms in total. The van der Waals surface area contributed by atoms with Crippen LogP contribution in [0, 0.1) is 0 Å². The van der Waals surface area contributed by atoms with Gasteiger partial charge in [-0.25, -0.2) is 17.9 Å². The second-order valence-corrected chi connectivity index (χ2v) is 9.94. The smallest absolute Gasteiger partial charge is 0.328 e. The number of carbonyl (C=O) groups is 2. The normalized spacial score (nSPS) is 14.8. The quantitative estimate of drug-likeness (QED) is 0.429. The molecule has 0 aliphatic carbocycles. The van der Waals surface area contributed by atoms with Gasteiger partial charge >= 0.3 is 6.03 Å². The summed E-state index contributed by atoms with van der Waals surface area (Å²) in [6.07, 6.45) is 1.87. The van der Waals surface area contributed by atoms with E-state index in [0.29, 0.717) is 35.1 Å². The Bertz CT molecular complexity index is 1200. The molecule has 2 aromatic rings. The Morgan fingerprint density at radius 2 is 1.89 bits per heavy atom. The molecule has 3 rings (SSSR count). The monoisotopic (exact) mass is 525 g/mol. The fourth-order valence-electron chi connectivity index (χ4n) is 3.57. The Balaban J connectivity index is 1.79. The van der Waals surface area contributed by atoms with Crippen molar-refractivity contribution in [3.63, 3.8) is 0 Å². The minimum atomic E-state index is -4.23. The maximum atomic E-state index is 12.9. The number of ether oxygens (including phenoxy) is 3. The summed E-state index contributed by atoms with van der Waals surface area (Å²) in [5, 5.41) is 5.75. The molecule has 0 saturated heterocycles. The van der Waals surface area contributed by atoms with Crippen LogP contribution in [0.3, 0.4) is 0 Å². The van der Waals surface area contributed by atoms with E-state index in [1.165, 1.54) is 32.4 Å². The molecular formula is C23H28ClN3O7S. The second-order valence-electron chi connectivity index (χ2n) is 7.86. The largest absolute Gasteiger partial charge is 0.496 e. The summed E-state index contributed by atoms with van der Waals surface area (Å²) < 4.78 is 44.0. The van der Waals surface area contributed by atoms with Crippen molar-refractivity contribution in [1.82, 2.24) is 15.4 Å². The minimum Gasteiger partial charge on any atom is -0.496 e. The average Bonchev–Trinajstić information content (AvgIpc) is 2.83. The third kappa shape index (κ3) is 6.49. The number of urea groups is 1. The molecule has 1 aliphatic heterocycles. The number of hydrogen-bond acceptors (Lipinski definition) is 7. The van der Waals surface area contributed by atoms with Crippen LogP contribution < -0.4 is 29.6 Å². The van der Waals surface area contributed by atoms with E-state index in [-0.39, 0.29) is 22.8 Å². The first-order chi connectivity index (χ1) is 16.7. The summed E-state index contributed by atoms with van der Waals surface area (Å²) in [6, 6.07) is 6.28. The van der Waals surface area contributed by atoms with Crippen LogP contribution in [0.5, 0.6) is 17.2 Å². The summed E-state index contributed by atoms with van der Waals surface area (Å²) >= 11 is 6.02. The van der Waals surface area contributed by atoms with Crippen molar-refractivity contribution in [2.75, 3.05) is 27.4 Å². The topological polar surface area (TPSA) is 132 Å². The first-order valence-electron chi connectivity index (χ1n) is 11.0. The number of sulfonamides is 1. The highest BCUT2D eigenvalue weighted by molar-refractivity contribution is 7.90. The number of halogens is 1. The number of fused-ring (bicyclic) bond motifs is 1. The molecule has 0 saturated carbocycles. The highest BCUT2D eigenvalue weighted by atomic mass is 35.5. The highest BCUT2D eigenvalue weighted by Gasteiger charge is 2.29. The molecule has 3 N–H and O–H groups in total. The van der Waals surface area contributed by atoms with E-state index >= 15 is 0 Å². The van der Waals surface area contributed by atoms with Crippen molar-refractivity contribution in [2.45, 2.75) is 37.1 Å². The Morgan fingerprint density at radius 3 is 2.57 bits per heavy atom. The van der Waals surface area contributed by atoms with Gasteiger partial charge in [0.25, 0.3) is 15.9 Å². The maximum Gasteiger partial charge on any atom is 0.328 e. The molecule has 0 aromatic heterocycles. The van der Waals surface area contributed by atoms with E-state index in [1.807, 2.05) is 11.6 Å². The zero-order valence-corrected chi connectivity index (χ0v) is 21.2. The standard InChI is InChI=1S/C23H28ClN3O7S/c1-4-5-8-25-23(29)27-35(30,31)21-10-14-9-16(13-34-19(14)12-20(21)33-3)26-22(28)17-11-15(24)6-7-18(17)32-2/h6-7,10-12,16H,4-5,8-9,13H2,1-3H3,(H,26,28)(H2,25,27,29). The fraction of sp³-hybridized carbons (Fsp3) is 0.391. The number of amides is 3. The van der Waals surface area contributed by atoms with Crippen LogP contribution in [0.2, 0.25) is 5.02 Å². The van der Waals surface area contributed by atoms with E-state index in [1.54, 1.807) is 12.1 Å². The van der Waals surface area contributed by atoms with Gasteiger partial charge in [0.15, 0.2) is 0 Å². The molecule has 35 heavy (non-hydrogen) atoms. The van der Waals surface area contributed by atoms with Gasteiger partial charge in [-0.2, -0.15) is 0 Å². The van der Waals surface area contributed by atoms with Crippen molar-refractivity contribution in [2.24, 2.45) is 0 Å². The Kier molecular flexibility index (Phi) is 8.68. The molecule has 0 bridgehead atoms. The van der Waals surface area contributed by atoms with Crippen LogP contribution in [0.1, 0.15) is 35.7 Å². The van der Waals surface area contributed by atoms with Gasteiger partial charge in [-0.15, -0.1) is 0 Å². The van der Waals surface area contributed by atoms with E-state index in [0.717, 1.165) is 12.8 Å². The molecule has 0 fully saturated rings. The summed E-state index contributed by atoms with van der Waals surface area (Å²) in [5.41, 5.74) is 0.800. The number of unbranched alkanes of at least 4 members (excludes halogenated alkanes) is 1. The number of benzene rings is 2. The predicted molar refractivity (Wildman–Crippen MR) is 130 cm³/mol. The molecule has 0 radical (unpaired) electrons. The summed E-state index contributed by atoms with van der Waals surface area (Å²) in [6.45, 7) is 2.47. The Labute approximate surface area is 209 Å². The molecule has 1 atom stereocenters. The molecule has 3 amide bonds. The molecule has 0 spiro atoms. The highest BCUT2D eigenvalue weighted by Crippen LogP contribution is 2.35. The predicted octanol–water partition coefficient (Wildman–Crippen LogP) is 2.88. The summed E-state index contributed by atoms with van der Waals surface area (Å²) in [5.74, 6) is 0.418. The second kappa shape index (κ2) is 11.5. The third-order valence-electron chi connectivity index (χ3n) is 5.33. The lowest BCUT2D eigenvalue weighted by atomic mass is 10.0. The van der Waals surface area contributed by atoms with Crippen molar-refractivity contribution >= 4 is 33.6 Å². The lowest BCUT2D eigenvalue weighted by Gasteiger charge is -2.27. The Hall–Kier alpha value is -3.18. The van der Waals surface area contributed by atoms with Gasteiger partial charge in [0.2, 0.25) is 0 Å². The zero-order valence-electron chi connectivity index (χ0n) is 19.6. The van der Waals surface area contributed by atoms with E-state index in [4.69, 9.17) is 25.8 Å². The summed E-state index contributed by atoms with van der Waals surface area (Å²) in [4.78, 5) is 24.7. The van der Waals surface area contributed by atoms with Crippen molar-refractivity contribution in [1.29, 1.82) is 0 Å². The number of nitrogens with one attached hydrogen (secondary N) is 3. The first kappa shape index (κ1) is 26.4. The van der Waals surface area contributed by atoms with Crippen LogP contribution >= 0.6 is 11.6 Å². The van der Waals surface area contributed by atoms with Crippen molar-refractivity contribution in [3.05, 3.63) is 46.5 Å². The number of methoxy groups -OCH3 is 2. The van der Waals surface area contributed by atoms with Crippen LogP contribution in [-0.4, -0.2) is 53.8 Å². The molecular weight excluding hydrogens is 498 g/mol. The van der Waals surface area contributed by atoms with Crippen molar-refractivity contribution < 1.29 is 32.2 Å². The van der Waals surface area contributed by atoms with E-state index in [9.17, 15) is 18.0 Å². The lowest BCUT2D eigenvalue weighted by Crippen LogP contribution is -2.43. The van der Waals surface area contributed by atoms with Crippen LogP contribution in [0.25, 0.3) is 0 Å². The van der Waals surface area contributed by atoms with Crippen LogP contribution in [0.4, 0.5) is 4.79 Å². The number of hydrogen-bond donors (Lipinski definition) is 3. The van der Waals surface area contributed by atoms with Crippen LogP contribution in [0.15, 0.2) is 35.2 Å². The number of carbonyl (C=O) groups excluding carboxylic acids is 2. The van der Waals surface area contributed by atoms with Gasteiger partial charge in [-0.05, 0) is 42.7 Å². The van der Waals surface area contributed by atoms with Gasteiger partial charge in [0, 0.05) is 17.6 Å². The van der Waals surface area contributed by atoms with Gasteiger partial charge in [-0.3, -0.25) is 4.79 Å². The zero-order chi connectivity index (χ0) is 25.6. The third-order valence-corrected chi connectivity index (χ3v) is 6.91. The Morgan fingerprint density at radius 1 is 1.14 bits per heavy atom. The fourth-order valence-corrected chi connectivity index (χ4v) is 4.87. The van der Waals surface area contributed by atoms with Gasteiger partial charge in [0.05, 0.1) is 25.8 Å². The maximum absolute atomic E-state index is 12.9. The molecule has 190 valence electrons. The molecule has 1 aliphatic rings. The van der Waals surface area contributed by atoms with Gasteiger partial charge in [-0.1, -0.05) is 24.9 Å². The first-order valence-corrected chi connectivity index (χ1v) is 12.8. The molecule has 1 unspecified atom stereocenters. The average molecular weight is 526 g/mol. The van der Waals surface area contributed by atoms with E-state index < -0.39 is 28.0 Å². The summed E-state index contributed by atoms with van der Waals surface area (Å²) in [7, 11) is -1.45. The SMILES string of the molecule is CCCCNC(=O)NS(=O)(=O)c1cc2c(cc1OC)OCC(NC(=O)c1cc(Cl)ccc1OC)C2. The molecule has 1 heterocycles.